The Balaban J connectivity index is 2.38. The lowest BCUT2D eigenvalue weighted by molar-refractivity contribution is -0.146. The number of hydrogen-bond acceptors (Lipinski definition) is 4. The van der Waals surface area contributed by atoms with Crippen molar-refractivity contribution in [2.75, 3.05) is 40.4 Å². The monoisotopic (exact) mass is 300 g/mol. The molecule has 0 aliphatic heterocycles. The van der Waals surface area contributed by atoms with Gasteiger partial charge in [0.15, 0.2) is 0 Å². The molecule has 0 aromatic rings. The van der Waals surface area contributed by atoms with E-state index in [0.717, 1.165) is 19.5 Å². The van der Waals surface area contributed by atoms with Crippen molar-refractivity contribution in [1.29, 1.82) is 0 Å². The summed E-state index contributed by atoms with van der Waals surface area (Å²) in [5.41, 5.74) is 0. The van der Waals surface area contributed by atoms with E-state index in [0.29, 0.717) is 31.9 Å². The fraction of sp³-hybridized carbons (Fsp3) is 0.867. The predicted octanol–water partition coefficient (Wildman–Crippen LogP) is 0.818. The van der Waals surface area contributed by atoms with E-state index in [4.69, 9.17) is 4.74 Å². The minimum Gasteiger partial charge on any atom is -0.481 e. The minimum atomic E-state index is -0.844. The molecule has 0 saturated heterocycles. The van der Waals surface area contributed by atoms with E-state index in [9.17, 15) is 14.7 Å². The fourth-order valence-corrected chi connectivity index (χ4v) is 2.90. The summed E-state index contributed by atoms with van der Waals surface area (Å²) in [7, 11) is 3.62. The van der Waals surface area contributed by atoms with Gasteiger partial charge < -0.3 is 20.1 Å². The van der Waals surface area contributed by atoms with Gasteiger partial charge in [-0.2, -0.15) is 0 Å². The number of amides is 1. The molecule has 0 aromatic carbocycles. The van der Waals surface area contributed by atoms with E-state index in [1.807, 2.05) is 7.05 Å². The van der Waals surface area contributed by atoms with Gasteiger partial charge in [0.25, 0.3) is 0 Å². The maximum atomic E-state index is 12.2. The Kier molecular flexibility index (Phi) is 7.67. The third-order valence-electron chi connectivity index (χ3n) is 4.36. The normalized spacial score (nSPS) is 25.2. The minimum absolute atomic E-state index is 0.113. The molecular weight excluding hydrogens is 272 g/mol. The standard InChI is InChI=1S/C15H28N2O4/c1-4-11-9-12(13(10-11)15(19)20)14(18)16-5-6-17(2)7-8-21-3/h11-13H,4-10H2,1-3H3,(H,16,18)(H,19,20). The van der Waals surface area contributed by atoms with Crippen molar-refractivity contribution in [2.24, 2.45) is 17.8 Å². The molecule has 122 valence electrons. The molecule has 6 heteroatoms. The zero-order valence-electron chi connectivity index (χ0n) is 13.3. The number of aliphatic carboxylic acids is 1. The Hall–Kier alpha value is -1.14. The molecule has 0 bridgehead atoms. The Morgan fingerprint density at radius 2 is 1.95 bits per heavy atom. The Bertz CT molecular complexity index is 349. The molecule has 2 N–H and O–H groups in total. The number of carbonyl (C=O) groups excluding carboxylic acids is 1. The van der Waals surface area contributed by atoms with Gasteiger partial charge in [-0.25, -0.2) is 0 Å². The molecule has 0 heterocycles. The van der Waals surface area contributed by atoms with Crippen molar-refractivity contribution in [2.45, 2.75) is 26.2 Å². The highest BCUT2D eigenvalue weighted by atomic mass is 16.5. The zero-order valence-corrected chi connectivity index (χ0v) is 13.3. The lowest BCUT2D eigenvalue weighted by Crippen LogP contribution is -2.39. The largest absolute Gasteiger partial charge is 0.481 e. The summed E-state index contributed by atoms with van der Waals surface area (Å²) in [6, 6.07) is 0. The average molecular weight is 300 g/mol. The van der Waals surface area contributed by atoms with Gasteiger partial charge in [0.05, 0.1) is 18.4 Å². The second-order valence-corrected chi connectivity index (χ2v) is 5.88. The highest BCUT2D eigenvalue weighted by molar-refractivity contribution is 5.85. The van der Waals surface area contributed by atoms with Gasteiger partial charge in [-0.05, 0) is 25.8 Å². The summed E-state index contributed by atoms with van der Waals surface area (Å²) >= 11 is 0. The van der Waals surface area contributed by atoms with Crippen LogP contribution in [-0.4, -0.2) is 62.3 Å². The average Bonchev–Trinajstić information content (AvgIpc) is 2.89. The first-order chi connectivity index (χ1) is 9.99. The summed E-state index contributed by atoms with van der Waals surface area (Å²) in [6.45, 7) is 4.79. The maximum Gasteiger partial charge on any atom is 0.307 e. The van der Waals surface area contributed by atoms with E-state index in [-0.39, 0.29) is 11.8 Å². The summed E-state index contributed by atoms with van der Waals surface area (Å²) < 4.78 is 4.99. The van der Waals surface area contributed by atoms with Gasteiger partial charge in [-0.3, -0.25) is 9.59 Å². The number of nitrogens with one attached hydrogen (secondary N) is 1. The molecule has 3 unspecified atom stereocenters. The molecule has 1 aliphatic rings. The van der Waals surface area contributed by atoms with Crippen molar-refractivity contribution in [3.05, 3.63) is 0 Å². The van der Waals surface area contributed by atoms with E-state index in [1.54, 1.807) is 7.11 Å². The van der Waals surface area contributed by atoms with Crippen LogP contribution < -0.4 is 5.32 Å². The molecule has 0 radical (unpaired) electrons. The van der Waals surface area contributed by atoms with Crippen LogP contribution in [0.15, 0.2) is 0 Å². The van der Waals surface area contributed by atoms with Crippen molar-refractivity contribution >= 4 is 11.9 Å². The molecule has 3 atom stereocenters. The molecule has 1 amide bonds. The van der Waals surface area contributed by atoms with E-state index in [2.05, 4.69) is 17.1 Å². The fourth-order valence-electron chi connectivity index (χ4n) is 2.90. The van der Waals surface area contributed by atoms with Gasteiger partial charge in [-0.15, -0.1) is 0 Å². The number of carbonyl (C=O) groups is 2. The van der Waals surface area contributed by atoms with Crippen LogP contribution >= 0.6 is 0 Å². The van der Waals surface area contributed by atoms with Gasteiger partial charge in [0.1, 0.15) is 0 Å². The number of rotatable bonds is 9. The lowest BCUT2D eigenvalue weighted by Gasteiger charge is -2.19. The molecule has 6 nitrogen and oxygen atoms in total. The molecule has 0 aromatic heterocycles. The Morgan fingerprint density at radius 1 is 1.29 bits per heavy atom. The van der Waals surface area contributed by atoms with Gasteiger partial charge in [-0.1, -0.05) is 13.3 Å². The van der Waals surface area contributed by atoms with Crippen LogP contribution in [0, 0.1) is 17.8 Å². The lowest BCUT2D eigenvalue weighted by atomic mass is 9.95. The molecule has 1 rings (SSSR count). The summed E-state index contributed by atoms with van der Waals surface area (Å²) in [5.74, 6) is -1.51. The van der Waals surface area contributed by atoms with Crippen molar-refractivity contribution < 1.29 is 19.4 Å². The predicted molar refractivity (Wildman–Crippen MR) is 80.0 cm³/mol. The van der Waals surface area contributed by atoms with E-state index in [1.165, 1.54) is 0 Å². The number of nitrogens with zero attached hydrogens (tertiary/aromatic N) is 1. The number of methoxy groups -OCH3 is 1. The number of carboxylic acids is 1. The van der Waals surface area contributed by atoms with Crippen molar-refractivity contribution in [3.63, 3.8) is 0 Å². The number of carboxylic acid groups (broad SMARTS) is 1. The van der Waals surface area contributed by atoms with Crippen molar-refractivity contribution in [3.8, 4) is 0 Å². The topological polar surface area (TPSA) is 78.9 Å². The van der Waals surface area contributed by atoms with Gasteiger partial charge in [0.2, 0.25) is 5.91 Å². The van der Waals surface area contributed by atoms with Crippen molar-refractivity contribution in [1.82, 2.24) is 10.2 Å². The third kappa shape index (κ3) is 5.63. The number of hydrogen-bond donors (Lipinski definition) is 2. The molecule has 0 spiro atoms. The number of ether oxygens (including phenoxy) is 1. The van der Waals surface area contributed by atoms with Crippen LogP contribution in [0.25, 0.3) is 0 Å². The second-order valence-electron chi connectivity index (χ2n) is 5.88. The molecular formula is C15H28N2O4. The first-order valence-corrected chi connectivity index (χ1v) is 7.67. The van der Waals surface area contributed by atoms with Crippen LogP contribution in [0.4, 0.5) is 0 Å². The Labute approximate surface area is 126 Å². The third-order valence-corrected chi connectivity index (χ3v) is 4.36. The maximum absolute atomic E-state index is 12.2. The molecule has 21 heavy (non-hydrogen) atoms. The van der Waals surface area contributed by atoms with Gasteiger partial charge in [0, 0.05) is 26.7 Å². The zero-order chi connectivity index (χ0) is 15.8. The highest BCUT2D eigenvalue weighted by Gasteiger charge is 2.41. The highest BCUT2D eigenvalue weighted by Crippen LogP contribution is 2.38. The SMILES string of the molecule is CCC1CC(C(=O)O)C(C(=O)NCCN(C)CCOC)C1. The first kappa shape index (κ1) is 17.9. The van der Waals surface area contributed by atoms with E-state index >= 15 is 0 Å². The van der Waals surface area contributed by atoms with E-state index < -0.39 is 11.9 Å². The quantitative estimate of drug-likeness (QED) is 0.659. The van der Waals surface area contributed by atoms with Crippen LogP contribution in [0.3, 0.4) is 0 Å². The molecule has 1 aliphatic carbocycles. The number of likely N-dealkylation sites (N-methyl/N-ethyl adjacent to an activating group) is 1. The van der Waals surface area contributed by atoms with Crippen LogP contribution in [-0.2, 0) is 14.3 Å². The van der Waals surface area contributed by atoms with Crippen LogP contribution in [0.5, 0.6) is 0 Å². The van der Waals surface area contributed by atoms with Crippen LogP contribution in [0.1, 0.15) is 26.2 Å². The Morgan fingerprint density at radius 3 is 2.52 bits per heavy atom. The summed E-state index contributed by atoms with van der Waals surface area (Å²) in [4.78, 5) is 25.5. The second kappa shape index (κ2) is 9.00. The molecule has 1 fully saturated rings. The van der Waals surface area contributed by atoms with Gasteiger partial charge >= 0.3 is 5.97 Å². The summed E-state index contributed by atoms with van der Waals surface area (Å²) in [6.07, 6.45) is 2.25. The van der Waals surface area contributed by atoms with Crippen LogP contribution in [0.2, 0.25) is 0 Å². The first-order valence-electron chi connectivity index (χ1n) is 7.67. The molecule has 1 saturated carbocycles. The smallest absolute Gasteiger partial charge is 0.307 e. The summed E-state index contributed by atoms with van der Waals surface area (Å²) in [5, 5.41) is 12.1.